The van der Waals surface area contributed by atoms with Crippen molar-refractivity contribution >= 4 is 35.3 Å². The molecule has 5 aromatic rings. The first-order chi connectivity index (χ1) is 26.9. The number of imide groups is 1. The number of carbonyl (C=O) groups is 3. The minimum absolute atomic E-state index is 0.0926. The molecule has 0 spiro atoms. The standard InChI is InChI=1S/C41H29N7O6S/c1-52-27-16-12-24(13-17-27)33-31(22-42)36(44-38(49)26-8-4-3-5-9-26)47-37-35(55-41(47)32(33)23-43)34(25-14-18-28(53-2)19-15-25)46(45-37)20-21-54-48-39(50)29-10-6-7-11-30(29)40(48)51/h3-19,33H,20-21H2,1-2H3,(H,44,49). The molecule has 13 nitrogen and oxygen atoms in total. The molecular weight excluding hydrogens is 719 g/mol. The van der Waals surface area contributed by atoms with E-state index in [4.69, 9.17) is 19.4 Å². The Morgan fingerprint density at radius 1 is 0.818 bits per heavy atom. The van der Waals surface area contributed by atoms with Crippen molar-refractivity contribution in [3.05, 3.63) is 147 Å². The third kappa shape index (κ3) is 5.96. The average molecular weight is 748 g/mol. The molecule has 0 saturated heterocycles. The predicted octanol–water partition coefficient (Wildman–Crippen LogP) is 6.40. The zero-order chi connectivity index (χ0) is 38.2. The van der Waals surface area contributed by atoms with E-state index in [-0.39, 0.29) is 35.7 Å². The number of thioether (sulfide) groups is 1. The van der Waals surface area contributed by atoms with Gasteiger partial charge in [-0.25, -0.2) is 0 Å². The second-order valence-electron chi connectivity index (χ2n) is 12.4. The quantitative estimate of drug-likeness (QED) is 0.157. The maximum Gasteiger partial charge on any atom is 0.285 e. The van der Waals surface area contributed by atoms with Crippen LogP contribution in [0.15, 0.2) is 130 Å². The number of allylic oxidation sites excluding steroid dienone is 2. The Labute approximate surface area is 319 Å². The monoisotopic (exact) mass is 747 g/mol. The summed E-state index contributed by atoms with van der Waals surface area (Å²) in [6.45, 7) is -0.0161. The van der Waals surface area contributed by atoms with Crippen LogP contribution in [0.4, 0.5) is 5.82 Å². The minimum Gasteiger partial charge on any atom is -0.497 e. The number of hydrogen-bond acceptors (Lipinski definition) is 11. The largest absolute Gasteiger partial charge is 0.497 e. The van der Waals surface area contributed by atoms with E-state index < -0.39 is 23.6 Å². The molecule has 3 aliphatic heterocycles. The van der Waals surface area contributed by atoms with Gasteiger partial charge in [0.25, 0.3) is 17.7 Å². The first-order valence-electron chi connectivity index (χ1n) is 17.0. The van der Waals surface area contributed by atoms with Crippen molar-refractivity contribution in [3.8, 4) is 34.9 Å². The molecule has 0 radical (unpaired) electrons. The number of ether oxygens (including phenoxy) is 2. The molecule has 1 N–H and O–H groups in total. The number of anilines is 1. The third-order valence-electron chi connectivity index (χ3n) is 9.39. The third-order valence-corrected chi connectivity index (χ3v) is 10.6. The fourth-order valence-corrected chi connectivity index (χ4v) is 8.04. The van der Waals surface area contributed by atoms with Gasteiger partial charge in [0, 0.05) is 11.1 Å². The van der Waals surface area contributed by atoms with Crippen LogP contribution in [0.1, 0.15) is 42.6 Å². The van der Waals surface area contributed by atoms with Crippen LogP contribution in [-0.2, 0) is 11.4 Å². The second kappa shape index (κ2) is 14.4. The van der Waals surface area contributed by atoms with Gasteiger partial charge in [0.15, 0.2) is 5.82 Å². The van der Waals surface area contributed by atoms with Crippen molar-refractivity contribution in [2.45, 2.75) is 17.4 Å². The zero-order valence-corrected chi connectivity index (χ0v) is 30.2. The van der Waals surface area contributed by atoms with Crippen molar-refractivity contribution in [1.29, 1.82) is 10.5 Å². The number of hydroxylamine groups is 2. The number of rotatable bonds is 10. The number of nitriles is 2. The summed E-state index contributed by atoms with van der Waals surface area (Å²) < 4.78 is 12.5. The predicted molar refractivity (Wildman–Crippen MR) is 200 cm³/mol. The minimum atomic E-state index is -0.820. The lowest BCUT2D eigenvalue weighted by Gasteiger charge is -2.33. The highest BCUT2D eigenvalue weighted by Gasteiger charge is 2.45. The van der Waals surface area contributed by atoms with Crippen molar-refractivity contribution in [2.24, 2.45) is 0 Å². The van der Waals surface area contributed by atoms with Crippen LogP contribution < -0.4 is 19.7 Å². The average Bonchev–Trinajstić information content (AvgIpc) is 3.85. The summed E-state index contributed by atoms with van der Waals surface area (Å²) in [4.78, 5) is 47.9. The van der Waals surface area contributed by atoms with E-state index in [0.717, 1.165) is 10.6 Å². The van der Waals surface area contributed by atoms with Gasteiger partial charge in [-0.05, 0) is 66.2 Å². The van der Waals surface area contributed by atoms with Crippen LogP contribution in [0.2, 0.25) is 0 Å². The topological polar surface area (TPSA) is 163 Å². The first kappa shape index (κ1) is 34.9. The molecule has 270 valence electrons. The normalized spacial score (nSPS) is 15.7. The highest BCUT2D eigenvalue weighted by atomic mass is 32.2. The maximum atomic E-state index is 13.8. The van der Waals surface area contributed by atoms with Gasteiger partial charge in [0.05, 0.1) is 78.3 Å². The van der Waals surface area contributed by atoms with Gasteiger partial charge in [-0.15, -0.1) is 5.06 Å². The van der Waals surface area contributed by atoms with Gasteiger partial charge in [0.2, 0.25) is 0 Å². The van der Waals surface area contributed by atoms with Gasteiger partial charge in [-0.3, -0.25) is 28.8 Å². The van der Waals surface area contributed by atoms with E-state index in [1.807, 2.05) is 12.1 Å². The SMILES string of the molecule is COc1ccc(-c2c3c(nn2CCON2C(=O)c4ccccc4C2=O)N2C(NC(=O)c4ccccc4)=C(C#N)C(c4ccc(OC)cc4)C(C#N)=C2S3)cc1. The molecule has 4 aromatic carbocycles. The molecule has 1 atom stereocenters. The van der Waals surface area contributed by atoms with Gasteiger partial charge >= 0.3 is 0 Å². The molecular formula is C41H29N7O6S. The smallest absolute Gasteiger partial charge is 0.285 e. The Kier molecular flexibility index (Phi) is 9.12. The summed E-state index contributed by atoms with van der Waals surface area (Å²) in [7, 11) is 3.12. The molecule has 0 aliphatic carbocycles. The number of hydrogen-bond donors (Lipinski definition) is 1. The number of fused-ring (bicyclic) bond motifs is 4. The van der Waals surface area contributed by atoms with Gasteiger partial charge in [-0.1, -0.05) is 54.2 Å². The van der Waals surface area contributed by atoms with Crippen LogP contribution in [0.25, 0.3) is 11.3 Å². The molecule has 0 fully saturated rings. The van der Waals surface area contributed by atoms with Crippen LogP contribution in [0.3, 0.4) is 0 Å². The number of nitrogens with zero attached hydrogens (tertiary/aromatic N) is 6. The van der Waals surface area contributed by atoms with Crippen LogP contribution in [0, 0.1) is 22.7 Å². The first-order valence-corrected chi connectivity index (χ1v) is 17.8. The Hall–Kier alpha value is -7.13. The lowest BCUT2D eigenvalue weighted by atomic mass is 9.83. The van der Waals surface area contributed by atoms with E-state index in [1.165, 1.54) is 11.8 Å². The molecule has 55 heavy (non-hydrogen) atoms. The Bertz CT molecular complexity index is 2500. The summed E-state index contributed by atoms with van der Waals surface area (Å²) in [6.07, 6.45) is 0. The summed E-state index contributed by atoms with van der Waals surface area (Å²) in [5.74, 6) is -0.627. The van der Waals surface area contributed by atoms with Crippen LogP contribution >= 0.6 is 11.8 Å². The van der Waals surface area contributed by atoms with E-state index in [1.54, 1.807) is 115 Å². The molecule has 0 bridgehead atoms. The second-order valence-corrected chi connectivity index (χ2v) is 13.4. The Balaban J connectivity index is 1.23. The molecule has 14 heteroatoms. The van der Waals surface area contributed by atoms with E-state index in [2.05, 4.69) is 17.5 Å². The van der Waals surface area contributed by atoms with Crippen molar-refractivity contribution in [1.82, 2.24) is 20.2 Å². The summed E-state index contributed by atoms with van der Waals surface area (Å²) >= 11 is 1.29. The summed E-state index contributed by atoms with van der Waals surface area (Å²) in [5.41, 5.74) is 3.36. The highest BCUT2D eigenvalue weighted by Crippen LogP contribution is 2.57. The summed E-state index contributed by atoms with van der Waals surface area (Å²) in [6, 6.07) is 34.2. The lowest BCUT2D eigenvalue weighted by Crippen LogP contribution is -2.39. The molecule has 1 aromatic heterocycles. The highest BCUT2D eigenvalue weighted by molar-refractivity contribution is 8.04. The van der Waals surface area contributed by atoms with Gasteiger partial charge in [-0.2, -0.15) is 15.6 Å². The number of amides is 3. The maximum absolute atomic E-state index is 13.8. The van der Waals surface area contributed by atoms with Gasteiger partial charge in [0.1, 0.15) is 22.3 Å². The van der Waals surface area contributed by atoms with Crippen LogP contribution in [0.5, 0.6) is 11.5 Å². The number of nitrogens with one attached hydrogen (secondary N) is 1. The number of benzene rings is 4. The zero-order valence-electron chi connectivity index (χ0n) is 29.3. The van der Waals surface area contributed by atoms with Crippen LogP contribution in [-0.4, -0.2) is 53.4 Å². The fourth-order valence-electron chi connectivity index (χ4n) is 6.77. The van der Waals surface area contributed by atoms with E-state index in [0.29, 0.717) is 49.6 Å². The Morgan fingerprint density at radius 3 is 2.02 bits per heavy atom. The number of methoxy groups -OCH3 is 2. The molecule has 0 saturated carbocycles. The molecule has 8 rings (SSSR count). The molecule has 3 aliphatic rings. The summed E-state index contributed by atoms with van der Waals surface area (Å²) in [5, 5.41) is 30.8. The van der Waals surface area contributed by atoms with Gasteiger partial charge < -0.3 is 14.8 Å². The van der Waals surface area contributed by atoms with Crippen molar-refractivity contribution < 1.29 is 28.7 Å². The van der Waals surface area contributed by atoms with E-state index in [9.17, 15) is 24.9 Å². The number of carbonyl (C=O) groups excluding carboxylic acids is 3. The number of aromatic nitrogens is 2. The van der Waals surface area contributed by atoms with Crippen molar-refractivity contribution in [3.63, 3.8) is 0 Å². The Morgan fingerprint density at radius 2 is 1.42 bits per heavy atom. The van der Waals surface area contributed by atoms with Crippen molar-refractivity contribution in [2.75, 3.05) is 25.7 Å². The lowest BCUT2D eigenvalue weighted by molar-refractivity contribution is -0.0940. The molecule has 3 amide bonds. The van der Waals surface area contributed by atoms with E-state index >= 15 is 0 Å². The molecule has 4 heterocycles. The molecule has 1 unspecified atom stereocenters. The fraction of sp³-hybridized carbons (Fsp3) is 0.122.